The molecule has 1 aromatic rings. The monoisotopic (exact) mass is 331 g/mol. The summed E-state index contributed by atoms with van der Waals surface area (Å²) < 4.78 is 43.1. The predicted molar refractivity (Wildman–Crippen MR) is 77.0 cm³/mol. The molecule has 0 amide bonds. The summed E-state index contributed by atoms with van der Waals surface area (Å²) in [5.74, 6) is -1.72. The molecule has 0 heterocycles. The number of hydrogen-bond donors (Lipinski definition) is 1. The Labute approximate surface area is 128 Å². The van der Waals surface area contributed by atoms with E-state index in [2.05, 4.69) is 0 Å². The molecule has 1 N–H and O–H groups in total. The summed E-state index contributed by atoms with van der Waals surface area (Å²) in [5.41, 5.74) is -0.645. The molecule has 0 atom stereocenters. The largest absolute Gasteiger partial charge is 0.457 e. The summed E-state index contributed by atoms with van der Waals surface area (Å²) in [4.78, 5) is 22.8. The van der Waals surface area contributed by atoms with Crippen LogP contribution in [0.15, 0.2) is 29.2 Å². The standard InChI is InChI=1S/C14H18FNO5S/c1-14(2,3)12(17)9-21-13(18)8-16-22(19,20)11-6-4-10(15)5-7-11/h4-7,16H,8-9H2,1-3H3. The summed E-state index contributed by atoms with van der Waals surface area (Å²) in [6.07, 6.45) is 0. The number of benzene rings is 1. The molecule has 0 bridgehead atoms. The lowest BCUT2D eigenvalue weighted by atomic mass is 9.91. The van der Waals surface area contributed by atoms with Crippen molar-refractivity contribution in [1.29, 1.82) is 0 Å². The van der Waals surface area contributed by atoms with Crippen molar-refractivity contribution in [3.8, 4) is 0 Å². The molecule has 0 aromatic heterocycles. The number of esters is 1. The van der Waals surface area contributed by atoms with Crippen molar-refractivity contribution < 1.29 is 27.1 Å². The molecule has 6 nitrogen and oxygen atoms in total. The number of Topliss-reactive ketones (excluding diaryl/α,β-unsaturated/α-hetero) is 1. The molecule has 1 aromatic carbocycles. The average Bonchev–Trinajstić information content (AvgIpc) is 2.42. The predicted octanol–water partition coefficient (Wildman–Crippen LogP) is 1.26. The van der Waals surface area contributed by atoms with Crippen LogP contribution in [-0.2, 0) is 24.3 Å². The molecule has 0 spiro atoms. The SMILES string of the molecule is CC(C)(C)C(=O)COC(=O)CNS(=O)(=O)c1ccc(F)cc1. The number of carbonyl (C=O) groups excluding carboxylic acids is 2. The number of rotatable bonds is 6. The van der Waals surface area contributed by atoms with Crippen LogP contribution in [0.3, 0.4) is 0 Å². The molecular formula is C14H18FNO5S. The lowest BCUT2D eigenvalue weighted by Gasteiger charge is -2.16. The van der Waals surface area contributed by atoms with E-state index >= 15 is 0 Å². The van der Waals surface area contributed by atoms with Crippen molar-refractivity contribution in [1.82, 2.24) is 4.72 Å². The van der Waals surface area contributed by atoms with Gasteiger partial charge in [-0.05, 0) is 24.3 Å². The fourth-order valence-electron chi connectivity index (χ4n) is 1.26. The van der Waals surface area contributed by atoms with Crippen LogP contribution < -0.4 is 4.72 Å². The van der Waals surface area contributed by atoms with E-state index in [1.54, 1.807) is 20.8 Å². The van der Waals surface area contributed by atoms with Gasteiger partial charge in [0.2, 0.25) is 10.0 Å². The van der Waals surface area contributed by atoms with Gasteiger partial charge in [0.15, 0.2) is 12.4 Å². The van der Waals surface area contributed by atoms with E-state index in [-0.39, 0.29) is 10.7 Å². The van der Waals surface area contributed by atoms with Crippen molar-refractivity contribution in [2.45, 2.75) is 25.7 Å². The summed E-state index contributed by atoms with van der Waals surface area (Å²) in [5, 5.41) is 0. The molecule has 122 valence electrons. The Balaban J connectivity index is 2.53. The van der Waals surface area contributed by atoms with Gasteiger partial charge in [-0.25, -0.2) is 12.8 Å². The first-order valence-electron chi connectivity index (χ1n) is 6.46. The lowest BCUT2D eigenvalue weighted by molar-refractivity contribution is -0.148. The molecule has 0 unspecified atom stereocenters. The van der Waals surface area contributed by atoms with Gasteiger partial charge in [-0.2, -0.15) is 4.72 Å². The Kier molecular flexibility index (Phi) is 5.78. The van der Waals surface area contributed by atoms with Crippen LogP contribution in [0.5, 0.6) is 0 Å². The average molecular weight is 331 g/mol. The molecule has 0 saturated heterocycles. The quantitative estimate of drug-likeness (QED) is 0.793. The Hall–Kier alpha value is -1.80. The lowest BCUT2D eigenvalue weighted by Crippen LogP contribution is -2.33. The minimum Gasteiger partial charge on any atom is -0.457 e. The summed E-state index contributed by atoms with van der Waals surface area (Å²) in [7, 11) is -3.94. The van der Waals surface area contributed by atoms with Crippen molar-refractivity contribution in [3.63, 3.8) is 0 Å². The number of ether oxygens (including phenoxy) is 1. The van der Waals surface area contributed by atoms with Gasteiger partial charge in [0, 0.05) is 5.41 Å². The molecule has 0 radical (unpaired) electrons. The van der Waals surface area contributed by atoms with Gasteiger partial charge in [0.05, 0.1) is 4.90 Å². The van der Waals surface area contributed by atoms with E-state index in [9.17, 15) is 22.4 Å². The molecule has 0 aliphatic rings. The first-order valence-corrected chi connectivity index (χ1v) is 7.95. The zero-order chi connectivity index (χ0) is 17.0. The maximum atomic E-state index is 12.7. The molecular weight excluding hydrogens is 313 g/mol. The Bertz CT molecular complexity index is 647. The van der Waals surface area contributed by atoms with Crippen molar-refractivity contribution in [3.05, 3.63) is 30.1 Å². The van der Waals surface area contributed by atoms with Gasteiger partial charge in [-0.3, -0.25) is 9.59 Å². The summed E-state index contributed by atoms with van der Waals surface area (Å²) >= 11 is 0. The van der Waals surface area contributed by atoms with Crippen molar-refractivity contribution in [2.24, 2.45) is 5.41 Å². The van der Waals surface area contributed by atoms with Crippen LogP contribution in [0.2, 0.25) is 0 Å². The van der Waals surface area contributed by atoms with Gasteiger partial charge >= 0.3 is 5.97 Å². The highest BCUT2D eigenvalue weighted by atomic mass is 32.2. The van der Waals surface area contributed by atoms with E-state index in [0.29, 0.717) is 0 Å². The second-order valence-corrected chi connectivity index (χ2v) is 7.38. The topological polar surface area (TPSA) is 89.5 Å². The Morgan fingerprint density at radius 1 is 1.18 bits per heavy atom. The highest BCUT2D eigenvalue weighted by Crippen LogP contribution is 2.14. The van der Waals surface area contributed by atoms with Gasteiger partial charge in [-0.15, -0.1) is 0 Å². The second-order valence-electron chi connectivity index (χ2n) is 5.61. The minimum absolute atomic E-state index is 0.174. The molecule has 0 saturated carbocycles. The van der Waals surface area contributed by atoms with Crippen LogP contribution in [0.25, 0.3) is 0 Å². The van der Waals surface area contributed by atoms with E-state index in [1.165, 1.54) is 0 Å². The zero-order valence-electron chi connectivity index (χ0n) is 12.6. The maximum Gasteiger partial charge on any atom is 0.321 e. The van der Waals surface area contributed by atoms with Crippen molar-refractivity contribution in [2.75, 3.05) is 13.2 Å². The molecule has 8 heteroatoms. The third kappa shape index (κ3) is 5.53. The first-order chi connectivity index (χ1) is 10.0. The van der Waals surface area contributed by atoms with Gasteiger partial charge < -0.3 is 4.74 Å². The fourth-order valence-corrected chi connectivity index (χ4v) is 2.23. The van der Waals surface area contributed by atoms with Crippen LogP contribution in [0.4, 0.5) is 4.39 Å². The van der Waals surface area contributed by atoms with Gasteiger partial charge in [0.1, 0.15) is 12.4 Å². The van der Waals surface area contributed by atoms with Crippen molar-refractivity contribution >= 4 is 21.8 Å². The first kappa shape index (κ1) is 18.2. The van der Waals surface area contributed by atoms with Crippen LogP contribution >= 0.6 is 0 Å². The normalized spacial score (nSPS) is 12.0. The van der Waals surface area contributed by atoms with Crippen LogP contribution in [0, 0.1) is 11.2 Å². The maximum absolute atomic E-state index is 12.7. The van der Waals surface area contributed by atoms with Gasteiger partial charge in [-0.1, -0.05) is 20.8 Å². The summed E-state index contributed by atoms with van der Waals surface area (Å²) in [6, 6.07) is 4.14. The molecule has 0 aliphatic carbocycles. The van der Waals surface area contributed by atoms with E-state index in [0.717, 1.165) is 24.3 Å². The second kappa shape index (κ2) is 6.97. The van der Waals surface area contributed by atoms with Crippen LogP contribution in [-0.4, -0.2) is 33.3 Å². The molecule has 0 fully saturated rings. The number of sulfonamides is 1. The number of halogens is 1. The van der Waals surface area contributed by atoms with Crippen LogP contribution in [0.1, 0.15) is 20.8 Å². The zero-order valence-corrected chi connectivity index (χ0v) is 13.4. The number of ketones is 1. The third-order valence-corrected chi connectivity index (χ3v) is 4.15. The number of hydrogen-bond acceptors (Lipinski definition) is 5. The molecule has 0 aliphatic heterocycles. The Morgan fingerprint density at radius 3 is 2.23 bits per heavy atom. The summed E-state index contributed by atoms with van der Waals surface area (Å²) in [6.45, 7) is 4.01. The minimum atomic E-state index is -3.94. The number of nitrogens with one attached hydrogen (secondary N) is 1. The molecule has 22 heavy (non-hydrogen) atoms. The molecule has 1 rings (SSSR count). The van der Waals surface area contributed by atoms with Gasteiger partial charge in [0.25, 0.3) is 0 Å². The third-order valence-electron chi connectivity index (χ3n) is 2.73. The Morgan fingerprint density at radius 2 is 1.73 bits per heavy atom. The smallest absolute Gasteiger partial charge is 0.321 e. The number of carbonyl (C=O) groups is 2. The van der Waals surface area contributed by atoms with E-state index in [1.807, 2.05) is 4.72 Å². The highest BCUT2D eigenvalue weighted by Gasteiger charge is 2.23. The van der Waals surface area contributed by atoms with E-state index in [4.69, 9.17) is 4.74 Å². The highest BCUT2D eigenvalue weighted by molar-refractivity contribution is 7.89. The van der Waals surface area contributed by atoms with E-state index < -0.39 is 40.4 Å². The fraction of sp³-hybridized carbons (Fsp3) is 0.429.